The number of rotatable bonds is 1. The summed E-state index contributed by atoms with van der Waals surface area (Å²) in [4.78, 5) is 10.3. The molecule has 0 aliphatic heterocycles. The lowest BCUT2D eigenvalue weighted by molar-refractivity contribution is 0.0698. The van der Waals surface area contributed by atoms with Crippen LogP contribution in [-0.4, -0.2) is 11.1 Å². The molecular formula is C14H17N3O2. The van der Waals surface area contributed by atoms with Crippen molar-refractivity contribution in [3.63, 3.8) is 0 Å². The van der Waals surface area contributed by atoms with Gasteiger partial charge in [0.05, 0.1) is 5.56 Å². The van der Waals surface area contributed by atoms with Crippen LogP contribution in [0.1, 0.15) is 15.9 Å². The summed E-state index contributed by atoms with van der Waals surface area (Å²) in [5, 5.41) is 8.49. The highest BCUT2D eigenvalue weighted by Crippen LogP contribution is 2.11. The quantitative estimate of drug-likeness (QED) is 0.585. The Labute approximate surface area is 111 Å². The van der Waals surface area contributed by atoms with Crippen molar-refractivity contribution in [1.82, 2.24) is 0 Å². The Hall–Kier alpha value is -2.69. The van der Waals surface area contributed by atoms with Gasteiger partial charge in [0.25, 0.3) is 0 Å². The zero-order valence-electron chi connectivity index (χ0n) is 10.6. The number of aromatic carboxylic acids is 1. The maximum Gasteiger partial charge on any atom is 0.337 e. The summed E-state index contributed by atoms with van der Waals surface area (Å²) in [6.45, 7) is 1.96. The van der Waals surface area contributed by atoms with Crippen LogP contribution in [-0.2, 0) is 0 Å². The molecule has 0 fully saturated rings. The SMILES string of the molecule is Cc1cc(N)cc(N)c1.Nc1ccccc1C(=O)O. The fourth-order valence-electron chi connectivity index (χ4n) is 1.54. The van der Waals surface area contributed by atoms with E-state index < -0.39 is 5.97 Å². The lowest BCUT2D eigenvalue weighted by Crippen LogP contribution is -2.00. The van der Waals surface area contributed by atoms with Gasteiger partial charge in [0.1, 0.15) is 0 Å². The summed E-state index contributed by atoms with van der Waals surface area (Å²) < 4.78 is 0. The van der Waals surface area contributed by atoms with Crippen molar-refractivity contribution in [2.45, 2.75) is 6.92 Å². The van der Waals surface area contributed by atoms with Gasteiger partial charge in [-0.15, -0.1) is 0 Å². The van der Waals surface area contributed by atoms with Crippen LogP contribution in [0.15, 0.2) is 42.5 Å². The summed E-state index contributed by atoms with van der Waals surface area (Å²) >= 11 is 0. The van der Waals surface area contributed by atoms with E-state index in [1.807, 2.05) is 19.1 Å². The van der Waals surface area contributed by atoms with Gasteiger partial charge >= 0.3 is 5.97 Å². The smallest absolute Gasteiger partial charge is 0.337 e. The first-order valence-electron chi connectivity index (χ1n) is 5.60. The second-order valence-electron chi connectivity index (χ2n) is 4.07. The van der Waals surface area contributed by atoms with Crippen LogP contribution in [0.4, 0.5) is 17.1 Å². The predicted molar refractivity (Wildman–Crippen MR) is 77.8 cm³/mol. The summed E-state index contributed by atoms with van der Waals surface area (Å²) in [6, 6.07) is 11.9. The van der Waals surface area contributed by atoms with Gasteiger partial charge in [-0.25, -0.2) is 4.79 Å². The van der Waals surface area contributed by atoms with Gasteiger partial charge in [0.2, 0.25) is 0 Å². The van der Waals surface area contributed by atoms with Crippen molar-refractivity contribution in [2.24, 2.45) is 0 Å². The number of para-hydroxylation sites is 1. The normalized spacial score (nSPS) is 9.32. The molecule has 2 rings (SSSR count). The highest BCUT2D eigenvalue weighted by Gasteiger charge is 2.03. The maximum atomic E-state index is 10.3. The minimum atomic E-state index is -0.988. The van der Waals surface area contributed by atoms with Crippen molar-refractivity contribution in [2.75, 3.05) is 17.2 Å². The number of hydrogen-bond acceptors (Lipinski definition) is 4. The van der Waals surface area contributed by atoms with Crippen LogP contribution in [0.3, 0.4) is 0 Å². The third-order valence-corrected chi connectivity index (χ3v) is 2.31. The molecule has 0 saturated carbocycles. The molecule has 5 nitrogen and oxygen atoms in total. The van der Waals surface area contributed by atoms with Gasteiger partial charge in [-0.2, -0.15) is 0 Å². The Morgan fingerprint density at radius 3 is 1.89 bits per heavy atom. The molecule has 0 aliphatic carbocycles. The van der Waals surface area contributed by atoms with Crippen LogP contribution in [0.25, 0.3) is 0 Å². The molecule has 0 aromatic heterocycles. The number of carbonyl (C=O) groups is 1. The minimum Gasteiger partial charge on any atom is -0.478 e. The molecule has 0 radical (unpaired) electrons. The molecule has 0 heterocycles. The third kappa shape index (κ3) is 4.59. The van der Waals surface area contributed by atoms with Crippen LogP contribution in [0, 0.1) is 6.92 Å². The molecule has 5 heteroatoms. The van der Waals surface area contributed by atoms with Crippen molar-refractivity contribution in [3.05, 3.63) is 53.6 Å². The molecule has 100 valence electrons. The monoisotopic (exact) mass is 259 g/mol. The molecule has 0 amide bonds. The highest BCUT2D eigenvalue weighted by atomic mass is 16.4. The zero-order chi connectivity index (χ0) is 14.4. The van der Waals surface area contributed by atoms with Gasteiger partial charge in [-0.05, 0) is 42.8 Å². The molecule has 0 bridgehead atoms. The first-order valence-corrected chi connectivity index (χ1v) is 5.60. The summed E-state index contributed by atoms with van der Waals surface area (Å²) in [5.74, 6) is -0.988. The Bertz CT molecular complexity index is 532. The van der Waals surface area contributed by atoms with E-state index in [4.69, 9.17) is 22.3 Å². The van der Waals surface area contributed by atoms with Crippen LogP contribution >= 0.6 is 0 Å². The van der Waals surface area contributed by atoms with E-state index in [1.165, 1.54) is 6.07 Å². The molecular weight excluding hydrogens is 242 g/mol. The number of benzene rings is 2. The number of carboxylic acids is 1. The number of aryl methyl sites for hydroxylation is 1. The average Bonchev–Trinajstić information content (AvgIpc) is 2.27. The maximum absolute atomic E-state index is 10.3. The van der Waals surface area contributed by atoms with E-state index in [0.29, 0.717) is 5.69 Å². The van der Waals surface area contributed by atoms with Crippen molar-refractivity contribution < 1.29 is 9.90 Å². The van der Waals surface area contributed by atoms with E-state index in [9.17, 15) is 4.79 Å². The predicted octanol–water partition coefficient (Wildman–Crippen LogP) is 2.13. The number of anilines is 3. The Balaban J connectivity index is 0.000000191. The Kier molecular flexibility index (Phi) is 4.76. The summed E-state index contributed by atoms with van der Waals surface area (Å²) in [5.41, 5.74) is 19.3. The summed E-state index contributed by atoms with van der Waals surface area (Å²) in [7, 11) is 0. The largest absolute Gasteiger partial charge is 0.478 e. The standard InChI is InChI=1S/C7H10N2.C7H7NO2/c1-5-2-6(8)4-7(9)3-5;8-6-4-2-1-3-5(6)7(9)10/h2-4H,8-9H2,1H3;1-4H,8H2,(H,9,10). The molecule has 0 unspecified atom stereocenters. The van der Waals surface area contributed by atoms with E-state index >= 15 is 0 Å². The van der Waals surface area contributed by atoms with Gasteiger partial charge in [0, 0.05) is 17.1 Å². The molecule has 0 atom stereocenters. The number of nitrogens with two attached hydrogens (primary N) is 3. The molecule has 7 N–H and O–H groups in total. The summed E-state index contributed by atoms with van der Waals surface area (Å²) in [6.07, 6.45) is 0. The van der Waals surface area contributed by atoms with Crippen LogP contribution in [0.5, 0.6) is 0 Å². The van der Waals surface area contributed by atoms with Crippen molar-refractivity contribution >= 4 is 23.0 Å². The van der Waals surface area contributed by atoms with Gasteiger partial charge in [-0.1, -0.05) is 12.1 Å². The number of hydrogen-bond donors (Lipinski definition) is 4. The second kappa shape index (κ2) is 6.30. The molecule has 2 aromatic carbocycles. The lowest BCUT2D eigenvalue weighted by Gasteiger charge is -1.97. The zero-order valence-corrected chi connectivity index (χ0v) is 10.6. The number of carboxylic acid groups (broad SMARTS) is 1. The Morgan fingerprint density at radius 1 is 1.00 bits per heavy atom. The molecule has 0 spiro atoms. The topological polar surface area (TPSA) is 115 Å². The lowest BCUT2D eigenvalue weighted by atomic mass is 10.2. The fraction of sp³-hybridized carbons (Fsp3) is 0.0714. The molecule has 0 saturated heterocycles. The van der Waals surface area contributed by atoms with Crippen LogP contribution in [0.2, 0.25) is 0 Å². The van der Waals surface area contributed by atoms with E-state index in [2.05, 4.69) is 0 Å². The van der Waals surface area contributed by atoms with Gasteiger partial charge in [-0.3, -0.25) is 0 Å². The second-order valence-corrected chi connectivity index (χ2v) is 4.07. The highest BCUT2D eigenvalue weighted by molar-refractivity contribution is 5.93. The van der Waals surface area contributed by atoms with E-state index in [-0.39, 0.29) is 5.56 Å². The van der Waals surface area contributed by atoms with Crippen LogP contribution < -0.4 is 17.2 Å². The van der Waals surface area contributed by atoms with Crippen molar-refractivity contribution in [1.29, 1.82) is 0 Å². The molecule has 19 heavy (non-hydrogen) atoms. The van der Waals surface area contributed by atoms with Gasteiger partial charge < -0.3 is 22.3 Å². The molecule has 0 aliphatic rings. The Morgan fingerprint density at radius 2 is 1.53 bits per heavy atom. The van der Waals surface area contributed by atoms with Gasteiger partial charge in [0.15, 0.2) is 0 Å². The fourth-order valence-corrected chi connectivity index (χ4v) is 1.54. The van der Waals surface area contributed by atoms with Crippen molar-refractivity contribution in [3.8, 4) is 0 Å². The molecule has 2 aromatic rings. The van der Waals surface area contributed by atoms with E-state index in [1.54, 1.807) is 24.3 Å². The third-order valence-electron chi connectivity index (χ3n) is 2.31. The number of nitrogen functional groups attached to an aromatic ring is 3. The average molecular weight is 259 g/mol. The van der Waals surface area contributed by atoms with E-state index in [0.717, 1.165) is 16.9 Å². The minimum absolute atomic E-state index is 0.155. The first-order chi connectivity index (χ1) is 8.90. The first kappa shape index (κ1) is 14.4.